The van der Waals surface area contributed by atoms with Gasteiger partial charge in [0.05, 0.1) is 16.0 Å². The molecule has 45 heavy (non-hydrogen) atoms. The van der Waals surface area contributed by atoms with Crippen LogP contribution in [0, 0.1) is 12.7 Å². The normalized spacial score (nSPS) is 11.8. The maximum atomic E-state index is 13.9. The average Bonchev–Trinajstić information content (AvgIpc) is 2.99. The van der Waals surface area contributed by atoms with Gasteiger partial charge in [-0.05, 0) is 79.2 Å². The molecule has 0 spiro atoms. The van der Waals surface area contributed by atoms with Crippen molar-refractivity contribution in [1.29, 1.82) is 0 Å². The molecule has 0 saturated heterocycles. The highest BCUT2D eigenvalue weighted by Crippen LogP contribution is 2.32. The summed E-state index contributed by atoms with van der Waals surface area (Å²) in [6.07, 6.45) is -2.84. The van der Waals surface area contributed by atoms with Gasteiger partial charge in [0, 0.05) is 48.2 Å². The highest BCUT2D eigenvalue weighted by atomic mass is 35.5. The molecule has 1 heterocycles. The predicted molar refractivity (Wildman–Crippen MR) is 159 cm³/mol. The Hall–Kier alpha value is -4.33. The minimum atomic E-state index is -4.89. The third kappa shape index (κ3) is 8.44. The van der Waals surface area contributed by atoms with E-state index in [0.717, 1.165) is 11.8 Å². The number of amides is 1. The molecule has 0 aliphatic heterocycles. The van der Waals surface area contributed by atoms with Gasteiger partial charge in [0.1, 0.15) is 11.6 Å². The van der Waals surface area contributed by atoms with Gasteiger partial charge in [-0.2, -0.15) is 13.2 Å². The van der Waals surface area contributed by atoms with Crippen molar-refractivity contribution < 1.29 is 40.3 Å². The molecule has 8 nitrogen and oxygen atoms in total. The van der Waals surface area contributed by atoms with E-state index < -0.39 is 51.4 Å². The lowest BCUT2D eigenvalue weighted by Crippen LogP contribution is -2.29. The summed E-state index contributed by atoms with van der Waals surface area (Å²) >= 11 is 5.99. The number of alkyl halides is 3. The Morgan fingerprint density at radius 2 is 1.78 bits per heavy atom. The maximum absolute atomic E-state index is 13.9. The second-order valence-electron chi connectivity index (χ2n) is 9.91. The number of aryl methyl sites for hydroxylation is 1. The molecule has 3 aromatic carbocycles. The molecular weight excluding hydrogens is 638 g/mol. The van der Waals surface area contributed by atoms with Crippen molar-refractivity contribution in [3.8, 4) is 5.75 Å². The molecule has 1 amide bonds. The number of aromatic nitrogens is 1. The first-order valence-electron chi connectivity index (χ1n) is 13.3. The molecule has 0 bridgehead atoms. The number of ketones is 1. The number of nitrogens with zero attached hydrogens (tertiary/aromatic N) is 2. The summed E-state index contributed by atoms with van der Waals surface area (Å²) in [5.74, 6) is -3.12. The quantitative estimate of drug-likeness (QED) is 0.149. The summed E-state index contributed by atoms with van der Waals surface area (Å²) < 4.78 is 86.3. The molecule has 0 fully saturated rings. The number of sulfonamides is 1. The van der Waals surface area contributed by atoms with Gasteiger partial charge in [-0.15, -0.1) is 0 Å². The van der Waals surface area contributed by atoms with Gasteiger partial charge in [-0.1, -0.05) is 17.7 Å². The van der Waals surface area contributed by atoms with Gasteiger partial charge in [-0.25, -0.2) is 17.1 Å². The zero-order valence-corrected chi connectivity index (χ0v) is 25.4. The van der Waals surface area contributed by atoms with Gasteiger partial charge < -0.3 is 10.1 Å². The van der Waals surface area contributed by atoms with Crippen LogP contribution in [0.3, 0.4) is 0 Å². The lowest BCUT2D eigenvalue weighted by Gasteiger charge is -2.18. The number of rotatable bonds is 11. The van der Waals surface area contributed by atoms with Crippen molar-refractivity contribution in [2.75, 3.05) is 25.5 Å². The minimum absolute atomic E-state index is 0.0214. The van der Waals surface area contributed by atoms with Crippen LogP contribution in [0.2, 0.25) is 5.02 Å². The molecule has 236 valence electrons. The summed E-state index contributed by atoms with van der Waals surface area (Å²) in [6, 6.07) is 14.7. The van der Waals surface area contributed by atoms with Gasteiger partial charge in [0.2, 0.25) is 10.0 Å². The summed E-state index contributed by atoms with van der Waals surface area (Å²) in [4.78, 5) is 30.0. The maximum Gasteiger partial charge on any atom is 0.416 e. The van der Waals surface area contributed by atoms with Crippen LogP contribution in [-0.2, 0) is 27.4 Å². The molecule has 0 radical (unpaired) electrons. The zero-order chi connectivity index (χ0) is 32.9. The first-order chi connectivity index (χ1) is 21.1. The number of likely N-dealkylation sites (N-methyl/N-ethyl adjacent to an activating group) is 1. The summed E-state index contributed by atoms with van der Waals surface area (Å²) in [7, 11) is -2.38. The fourth-order valence-corrected chi connectivity index (χ4v) is 5.66. The topological polar surface area (TPSA) is 106 Å². The van der Waals surface area contributed by atoms with E-state index in [4.69, 9.17) is 16.3 Å². The standard InChI is InChI=1S/C31H26ClF4N3O5S/c1-19-13-25(45(42,43)39(2)12-10-24-5-3-4-11-37-24)7-8-27(19)38-29(40)18-44-28-9-6-22(32)17-26(28)30(41)20-14-21(31(34,35)36)16-23(33)15-20/h3-9,11,13-17H,10,12,18H2,1-2H3,(H,38,40). The number of ether oxygens (including phenoxy) is 1. The molecule has 1 aromatic heterocycles. The molecule has 0 unspecified atom stereocenters. The number of hydrogen-bond donors (Lipinski definition) is 1. The zero-order valence-electron chi connectivity index (χ0n) is 23.9. The van der Waals surface area contributed by atoms with Crippen LogP contribution in [-0.4, -0.2) is 49.6 Å². The van der Waals surface area contributed by atoms with Gasteiger partial charge >= 0.3 is 6.18 Å². The van der Waals surface area contributed by atoms with E-state index in [1.165, 1.54) is 41.7 Å². The third-order valence-electron chi connectivity index (χ3n) is 6.62. The molecule has 0 atom stereocenters. The molecule has 4 rings (SSSR count). The van der Waals surface area contributed by atoms with E-state index in [0.29, 0.717) is 29.8 Å². The van der Waals surface area contributed by atoms with Crippen molar-refractivity contribution in [3.63, 3.8) is 0 Å². The van der Waals surface area contributed by atoms with Crippen molar-refractivity contribution in [2.24, 2.45) is 0 Å². The fourth-order valence-electron chi connectivity index (χ4n) is 4.23. The Balaban J connectivity index is 1.44. The molecule has 1 N–H and O–H groups in total. The summed E-state index contributed by atoms with van der Waals surface area (Å²) in [5.41, 5.74) is -0.739. The van der Waals surface area contributed by atoms with E-state index in [1.807, 2.05) is 6.07 Å². The van der Waals surface area contributed by atoms with Crippen LogP contribution in [0.25, 0.3) is 0 Å². The van der Waals surface area contributed by atoms with Crippen LogP contribution in [0.15, 0.2) is 83.9 Å². The number of pyridine rings is 1. The van der Waals surface area contributed by atoms with E-state index in [-0.39, 0.29) is 33.8 Å². The Kier molecular flexibility index (Phi) is 10.3. The first kappa shape index (κ1) is 33.6. The number of benzene rings is 3. The smallest absolute Gasteiger partial charge is 0.416 e. The van der Waals surface area contributed by atoms with Crippen LogP contribution in [0.1, 0.15) is 32.7 Å². The molecular formula is C31H26ClF4N3O5S. The van der Waals surface area contributed by atoms with Gasteiger partial charge in [-0.3, -0.25) is 14.6 Å². The second kappa shape index (κ2) is 13.8. The lowest BCUT2D eigenvalue weighted by atomic mass is 10.00. The van der Waals surface area contributed by atoms with E-state index in [2.05, 4.69) is 10.3 Å². The highest BCUT2D eigenvalue weighted by Gasteiger charge is 2.32. The molecule has 4 aromatic rings. The van der Waals surface area contributed by atoms with Crippen molar-refractivity contribution in [3.05, 3.63) is 118 Å². The monoisotopic (exact) mass is 663 g/mol. The largest absolute Gasteiger partial charge is 0.483 e. The van der Waals surface area contributed by atoms with Crippen LogP contribution in [0.4, 0.5) is 23.2 Å². The summed E-state index contributed by atoms with van der Waals surface area (Å²) in [6.45, 7) is 1.17. The molecule has 0 aliphatic carbocycles. The molecule has 14 heteroatoms. The second-order valence-corrected chi connectivity index (χ2v) is 12.4. The Labute approximate surface area is 261 Å². The van der Waals surface area contributed by atoms with E-state index in [1.54, 1.807) is 25.3 Å². The minimum Gasteiger partial charge on any atom is -0.483 e. The molecule has 0 saturated carbocycles. The Morgan fingerprint density at radius 1 is 1.02 bits per heavy atom. The first-order valence-corrected chi connectivity index (χ1v) is 15.1. The van der Waals surface area contributed by atoms with Crippen molar-refractivity contribution in [2.45, 2.75) is 24.4 Å². The number of nitrogens with one attached hydrogen (secondary N) is 1. The number of halogens is 5. The average molecular weight is 664 g/mol. The van der Waals surface area contributed by atoms with Crippen LogP contribution >= 0.6 is 11.6 Å². The third-order valence-corrected chi connectivity index (χ3v) is 8.71. The van der Waals surface area contributed by atoms with Crippen molar-refractivity contribution in [1.82, 2.24) is 9.29 Å². The van der Waals surface area contributed by atoms with Gasteiger partial charge in [0.25, 0.3) is 5.91 Å². The van der Waals surface area contributed by atoms with Crippen LogP contribution < -0.4 is 10.1 Å². The Morgan fingerprint density at radius 3 is 2.44 bits per heavy atom. The lowest BCUT2D eigenvalue weighted by molar-refractivity contribution is -0.137. The number of hydrogen-bond acceptors (Lipinski definition) is 6. The fraction of sp³-hybridized carbons (Fsp3) is 0.194. The highest BCUT2D eigenvalue weighted by molar-refractivity contribution is 7.89. The SMILES string of the molecule is Cc1cc(S(=O)(=O)N(C)CCc2ccccn2)ccc1NC(=O)COc1ccc(Cl)cc1C(=O)c1cc(F)cc(C(F)(F)F)c1. The molecule has 0 aliphatic rings. The summed E-state index contributed by atoms with van der Waals surface area (Å²) in [5, 5.41) is 2.64. The van der Waals surface area contributed by atoms with Crippen LogP contribution in [0.5, 0.6) is 5.75 Å². The van der Waals surface area contributed by atoms with E-state index in [9.17, 15) is 35.6 Å². The predicted octanol–water partition coefficient (Wildman–Crippen LogP) is 6.31. The number of anilines is 1. The van der Waals surface area contributed by atoms with E-state index >= 15 is 0 Å². The van der Waals surface area contributed by atoms with Gasteiger partial charge in [0.15, 0.2) is 12.4 Å². The number of carbonyl (C=O) groups excluding carboxylic acids is 2. The van der Waals surface area contributed by atoms with Crippen molar-refractivity contribution >= 4 is 39.0 Å². The number of carbonyl (C=O) groups is 2. The Bertz CT molecular complexity index is 1840.